The number of hydrogen-bond donors (Lipinski definition) is 2. The zero-order chi connectivity index (χ0) is 21.0. The topological polar surface area (TPSA) is 70.2 Å². The Morgan fingerprint density at radius 3 is 2.48 bits per heavy atom. The van der Waals surface area contributed by atoms with Crippen LogP contribution < -0.4 is 10.6 Å². The maximum Gasteiger partial charge on any atom is 0.421 e. The first-order valence-corrected chi connectivity index (χ1v) is 8.91. The van der Waals surface area contributed by atoms with Crippen LogP contribution in [0, 0.1) is 11.6 Å². The number of carbonyl (C=O) groups excluding carboxylic acids is 1. The van der Waals surface area contributed by atoms with Crippen LogP contribution in [0.1, 0.15) is 24.8 Å². The average Bonchev–Trinajstić information content (AvgIpc) is 3.02. The van der Waals surface area contributed by atoms with Gasteiger partial charge in [-0.2, -0.15) is 18.2 Å². The van der Waals surface area contributed by atoms with E-state index in [4.69, 9.17) is 0 Å². The van der Waals surface area contributed by atoms with Crippen LogP contribution in [0.4, 0.5) is 39.4 Å². The molecule has 0 unspecified atom stereocenters. The second-order valence-corrected chi connectivity index (χ2v) is 6.50. The number of carbonyl (C=O) groups is 1. The van der Waals surface area contributed by atoms with E-state index in [1.165, 1.54) is 0 Å². The average molecular weight is 415 g/mol. The Morgan fingerprint density at radius 1 is 1.14 bits per heavy atom. The first-order valence-electron chi connectivity index (χ1n) is 8.91. The van der Waals surface area contributed by atoms with E-state index in [1.807, 2.05) is 0 Å². The molecule has 1 aliphatic heterocycles. The number of hydrogen-bond acceptors (Lipinski definition) is 5. The number of nitrogens with zero attached hydrogens (tertiary/aromatic N) is 3. The van der Waals surface area contributed by atoms with E-state index < -0.39 is 29.2 Å². The van der Waals surface area contributed by atoms with Crippen molar-refractivity contribution in [1.82, 2.24) is 14.9 Å². The first-order chi connectivity index (χ1) is 13.7. The molecule has 2 N–H and O–H groups in total. The summed E-state index contributed by atoms with van der Waals surface area (Å²) in [7, 11) is 0. The fraction of sp³-hybridized carbons (Fsp3) is 0.389. The van der Waals surface area contributed by atoms with Gasteiger partial charge in [-0.25, -0.2) is 13.8 Å². The van der Waals surface area contributed by atoms with E-state index in [1.54, 1.807) is 4.90 Å². The van der Waals surface area contributed by atoms with Crippen LogP contribution in [0.3, 0.4) is 0 Å². The predicted molar refractivity (Wildman–Crippen MR) is 95.6 cm³/mol. The second kappa shape index (κ2) is 8.58. The summed E-state index contributed by atoms with van der Waals surface area (Å²) in [6.07, 6.45) is -2.38. The van der Waals surface area contributed by atoms with Gasteiger partial charge in [-0.3, -0.25) is 4.79 Å². The van der Waals surface area contributed by atoms with E-state index >= 15 is 0 Å². The molecule has 2 aromatic rings. The largest absolute Gasteiger partial charge is 0.421 e. The van der Waals surface area contributed by atoms with Crippen molar-refractivity contribution >= 4 is 23.4 Å². The molecular formula is C18H18F5N5O. The zero-order valence-electron chi connectivity index (χ0n) is 15.2. The number of halogens is 5. The van der Waals surface area contributed by atoms with Gasteiger partial charge in [-0.15, -0.1) is 0 Å². The molecule has 3 rings (SSSR count). The molecule has 1 aromatic carbocycles. The third kappa shape index (κ3) is 5.52. The smallest absolute Gasteiger partial charge is 0.369 e. The Hall–Kier alpha value is -2.98. The molecule has 0 spiro atoms. The molecule has 29 heavy (non-hydrogen) atoms. The van der Waals surface area contributed by atoms with Gasteiger partial charge in [0.05, 0.1) is 0 Å². The van der Waals surface area contributed by atoms with Gasteiger partial charge >= 0.3 is 6.18 Å². The van der Waals surface area contributed by atoms with E-state index in [0.29, 0.717) is 38.2 Å². The lowest BCUT2D eigenvalue weighted by Crippen LogP contribution is -2.27. The Bertz CT molecular complexity index is 869. The van der Waals surface area contributed by atoms with E-state index in [-0.39, 0.29) is 24.1 Å². The highest BCUT2D eigenvalue weighted by Gasteiger charge is 2.35. The van der Waals surface area contributed by atoms with Crippen LogP contribution >= 0.6 is 0 Å². The van der Waals surface area contributed by atoms with Crippen molar-refractivity contribution in [3.05, 3.63) is 41.6 Å². The molecule has 0 bridgehead atoms. The zero-order valence-corrected chi connectivity index (χ0v) is 15.2. The Balaban J connectivity index is 1.70. The van der Waals surface area contributed by atoms with Gasteiger partial charge < -0.3 is 15.5 Å². The van der Waals surface area contributed by atoms with Gasteiger partial charge in [0.25, 0.3) is 0 Å². The molecule has 1 saturated heterocycles. The van der Waals surface area contributed by atoms with E-state index in [0.717, 1.165) is 18.6 Å². The van der Waals surface area contributed by atoms with Crippen LogP contribution in [0.15, 0.2) is 24.4 Å². The molecule has 0 aliphatic carbocycles. The number of alkyl halides is 3. The number of rotatable bonds is 7. The molecule has 0 radical (unpaired) electrons. The maximum absolute atomic E-state index is 13.3. The number of nitrogens with one attached hydrogen (secondary N) is 2. The van der Waals surface area contributed by atoms with Crippen LogP contribution in [0.25, 0.3) is 0 Å². The SMILES string of the molecule is O=C1CCCN1CCCNc1nc(Nc2cc(F)cc(F)c2)ncc1C(F)(F)F. The molecule has 1 aromatic heterocycles. The summed E-state index contributed by atoms with van der Waals surface area (Å²) in [5.74, 6) is -2.37. The quantitative estimate of drug-likeness (QED) is 0.530. The van der Waals surface area contributed by atoms with E-state index in [9.17, 15) is 26.7 Å². The summed E-state index contributed by atoms with van der Waals surface area (Å²) in [6.45, 7) is 1.24. The lowest BCUT2D eigenvalue weighted by molar-refractivity contribution is -0.137. The van der Waals surface area contributed by atoms with Gasteiger partial charge in [-0.1, -0.05) is 0 Å². The van der Waals surface area contributed by atoms with Gasteiger partial charge in [-0.05, 0) is 25.0 Å². The molecule has 1 fully saturated rings. The fourth-order valence-corrected chi connectivity index (χ4v) is 2.96. The Morgan fingerprint density at radius 2 is 1.86 bits per heavy atom. The molecule has 11 heteroatoms. The maximum atomic E-state index is 13.3. The number of aromatic nitrogens is 2. The van der Waals surface area contributed by atoms with Crippen LogP contribution in [0.2, 0.25) is 0 Å². The summed E-state index contributed by atoms with van der Waals surface area (Å²) >= 11 is 0. The first kappa shape index (κ1) is 20.7. The molecule has 1 aliphatic rings. The molecule has 6 nitrogen and oxygen atoms in total. The lowest BCUT2D eigenvalue weighted by atomic mass is 10.3. The predicted octanol–water partition coefficient (Wildman–Crippen LogP) is 3.94. The van der Waals surface area contributed by atoms with Crippen molar-refractivity contribution in [3.63, 3.8) is 0 Å². The van der Waals surface area contributed by atoms with Gasteiger partial charge in [0.15, 0.2) is 0 Å². The normalized spacial score (nSPS) is 14.4. The minimum absolute atomic E-state index is 0.0387. The third-order valence-electron chi connectivity index (χ3n) is 4.28. The monoisotopic (exact) mass is 415 g/mol. The highest BCUT2D eigenvalue weighted by Crippen LogP contribution is 2.34. The summed E-state index contributed by atoms with van der Waals surface area (Å²) in [4.78, 5) is 20.6. The highest BCUT2D eigenvalue weighted by atomic mass is 19.4. The second-order valence-electron chi connectivity index (χ2n) is 6.50. The van der Waals surface area contributed by atoms with E-state index in [2.05, 4.69) is 20.6 Å². The number of anilines is 3. The fourth-order valence-electron chi connectivity index (χ4n) is 2.96. The lowest BCUT2D eigenvalue weighted by Gasteiger charge is -2.17. The molecule has 156 valence electrons. The van der Waals surface area contributed by atoms with Crippen molar-refractivity contribution in [3.8, 4) is 0 Å². The van der Waals surface area contributed by atoms with Crippen molar-refractivity contribution in [2.24, 2.45) is 0 Å². The Labute approximate surface area is 163 Å². The molecular weight excluding hydrogens is 397 g/mol. The van der Waals surface area contributed by atoms with Crippen molar-refractivity contribution in [2.75, 3.05) is 30.3 Å². The summed E-state index contributed by atoms with van der Waals surface area (Å²) < 4.78 is 66.2. The highest BCUT2D eigenvalue weighted by molar-refractivity contribution is 5.78. The molecule has 2 heterocycles. The number of likely N-dealkylation sites (tertiary alicyclic amines) is 1. The summed E-state index contributed by atoms with van der Waals surface area (Å²) in [5, 5.41) is 5.09. The van der Waals surface area contributed by atoms with Gasteiger partial charge in [0, 0.05) is 44.0 Å². The van der Waals surface area contributed by atoms with Crippen molar-refractivity contribution < 1.29 is 26.7 Å². The van der Waals surface area contributed by atoms with Crippen molar-refractivity contribution in [2.45, 2.75) is 25.4 Å². The number of benzene rings is 1. The minimum Gasteiger partial charge on any atom is -0.369 e. The molecule has 1 amide bonds. The standard InChI is InChI=1S/C18H18F5N5O/c19-11-7-12(20)9-13(8-11)26-17-25-10-14(18(21,22)23)16(27-17)24-4-2-6-28-5-1-3-15(28)29/h7-10H,1-6H2,(H2,24,25,26,27). The third-order valence-corrected chi connectivity index (χ3v) is 4.28. The molecule has 0 atom stereocenters. The minimum atomic E-state index is -4.68. The van der Waals surface area contributed by atoms with Crippen LogP contribution in [-0.4, -0.2) is 40.4 Å². The van der Waals surface area contributed by atoms with Crippen LogP contribution in [0.5, 0.6) is 0 Å². The number of amides is 1. The van der Waals surface area contributed by atoms with Crippen molar-refractivity contribution in [1.29, 1.82) is 0 Å². The molecule has 0 saturated carbocycles. The van der Waals surface area contributed by atoms with Gasteiger partial charge in [0.1, 0.15) is 23.0 Å². The summed E-state index contributed by atoms with van der Waals surface area (Å²) in [6, 6.07) is 2.59. The van der Waals surface area contributed by atoms with Crippen LogP contribution in [-0.2, 0) is 11.0 Å². The van der Waals surface area contributed by atoms with Gasteiger partial charge in [0.2, 0.25) is 11.9 Å². The Kier molecular flexibility index (Phi) is 6.14. The summed E-state index contributed by atoms with van der Waals surface area (Å²) in [5.41, 5.74) is -1.11.